The van der Waals surface area contributed by atoms with E-state index in [1.54, 1.807) is 0 Å². The highest BCUT2D eigenvalue weighted by Crippen LogP contribution is 2.17. The summed E-state index contributed by atoms with van der Waals surface area (Å²) in [7, 11) is 0. The van der Waals surface area contributed by atoms with Gasteiger partial charge in [0, 0.05) is 6.04 Å². The second kappa shape index (κ2) is 7.91. The first-order valence-electron chi connectivity index (χ1n) is 6.35. The smallest absolute Gasteiger partial charge is 0.119 e. The van der Waals surface area contributed by atoms with Crippen LogP contribution in [-0.4, -0.2) is 13.2 Å². The third-order valence-corrected chi connectivity index (χ3v) is 2.67. The zero-order valence-electron chi connectivity index (χ0n) is 10.9. The molecule has 0 aliphatic rings. The van der Waals surface area contributed by atoms with Gasteiger partial charge in [0.2, 0.25) is 0 Å². The maximum atomic E-state index is 5.57. The maximum Gasteiger partial charge on any atom is 0.119 e. The van der Waals surface area contributed by atoms with Gasteiger partial charge in [-0.1, -0.05) is 25.1 Å². The van der Waals surface area contributed by atoms with Gasteiger partial charge >= 0.3 is 0 Å². The van der Waals surface area contributed by atoms with Gasteiger partial charge in [0.25, 0.3) is 0 Å². The van der Waals surface area contributed by atoms with Gasteiger partial charge in [0.1, 0.15) is 5.75 Å². The summed E-state index contributed by atoms with van der Waals surface area (Å²) in [6.45, 7) is 9.79. The summed E-state index contributed by atoms with van der Waals surface area (Å²) in [6, 6.07) is 8.70. The molecule has 1 atom stereocenters. The average molecular weight is 233 g/mol. The first kappa shape index (κ1) is 13.8. The van der Waals surface area contributed by atoms with Gasteiger partial charge in [0.15, 0.2) is 0 Å². The van der Waals surface area contributed by atoms with E-state index in [2.05, 4.69) is 37.9 Å². The van der Waals surface area contributed by atoms with E-state index in [4.69, 9.17) is 4.74 Å². The van der Waals surface area contributed by atoms with Gasteiger partial charge in [-0.3, -0.25) is 0 Å². The molecule has 1 rings (SSSR count). The minimum Gasteiger partial charge on any atom is -0.493 e. The van der Waals surface area contributed by atoms with Gasteiger partial charge in [-0.05, 0) is 44.0 Å². The molecule has 0 heterocycles. The molecule has 94 valence electrons. The van der Waals surface area contributed by atoms with Crippen LogP contribution in [-0.2, 0) is 0 Å². The second-order valence-corrected chi connectivity index (χ2v) is 4.17. The molecule has 2 heteroatoms. The molecule has 0 bridgehead atoms. The Hall–Kier alpha value is -1.28. The summed E-state index contributed by atoms with van der Waals surface area (Å²) in [5.74, 6) is 0.929. The zero-order valence-corrected chi connectivity index (χ0v) is 10.9. The van der Waals surface area contributed by atoms with Crippen molar-refractivity contribution in [2.75, 3.05) is 13.2 Å². The van der Waals surface area contributed by atoms with Gasteiger partial charge in [-0.15, -0.1) is 6.58 Å². The minimum atomic E-state index is 0.400. The summed E-state index contributed by atoms with van der Waals surface area (Å²) in [4.78, 5) is 0. The van der Waals surface area contributed by atoms with E-state index in [1.165, 1.54) is 5.56 Å². The van der Waals surface area contributed by atoms with Crippen molar-refractivity contribution in [3.05, 3.63) is 42.5 Å². The monoisotopic (exact) mass is 233 g/mol. The van der Waals surface area contributed by atoms with Crippen LogP contribution in [0.15, 0.2) is 36.9 Å². The quantitative estimate of drug-likeness (QED) is 0.546. The van der Waals surface area contributed by atoms with Gasteiger partial charge < -0.3 is 10.1 Å². The Morgan fingerprint density at radius 2 is 2.06 bits per heavy atom. The zero-order chi connectivity index (χ0) is 12.5. The van der Waals surface area contributed by atoms with Crippen molar-refractivity contribution in [3.8, 4) is 5.75 Å². The Bertz CT molecular complexity index is 318. The van der Waals surface area contributed by atoms with Crippen molar-refractivity contribution in [1.82, 2.24) is 5.32 Å². The van der Waals surface area contributed by atoms with Crippen LogP contribution >= 0.6 is 0 Å². The summed E-state index contributed by atoms with van der Waals surface area (Å²) in [6.07, 6.45) is 3.91. The van der Waals surface area contributed by atoms with Crippen molar-refractivity contribution in [2.45, 2.75) is 32.7 Å². The Morgan fingerprint density at radius 3 is 2.65 bits per heavy atom. The molecule has 0 saturated carbocycles. The molecule has 0 aliphatic heterocycles. The lowest BCUT2D eigenvalue weighted by Crippen LogP contribution is -2.19. The van der Waals surface area contributed by atoms with Crippen molar-refractivity contribution in [3.63, 3.8) is 0 Å². The molecule has 0 fully saturated rings. The molecule has 1 N–H and O–H groups in total. The molecular weight excluding hydrogens is 210 g/mol. The fraction of sp³-hybridized carbons (Fsp3) is 0.467. The van der Waals surface area contributed by atoms with Crippen molar-refractivity contribution in [2.24, 2.45) is 0 Å². The van der Waals surface area contributed by atoms with E-state index in [0.29, 0.717) is 12.6 Å². The summed E-state index contributed by atoms with van der Waals surface area (Å²) >= 11 is 0. The number of hydrogen-bond donors (Lipinski definition) is 1. The fourth-order valence-electron chi connectivity index (χ4n) is 1.59. The van der Waals surface area contributed by atoms with E-state index in [1.807, 2.05) is 18.2 Å². The molecule has 1 unspecified atom stereocenters. The largest absolute Gasteiger partial charge is 0.493 e. The molecule has 1 aromatic carbocycles. The van der Waals surface area contributed by atoms with Crippen LogP contribution in [0.4, 0.5) is 0 Å². The van der Waals surface area contributed by atoms with Crippen LogP contribution in [0.2, 0.25) is 0 Å². The van der Waals surface area contributed by atoms with E-state index in [-0.39, 0.29) is 0 Å². The normalized spacial score (nSPS) is 12.1. The first-order chi connectivity index (χ1) is 8.27. The number of ether oxygens (including phenoxy) is 1. The van der Waals surface area contributed by atoms with Crippen LogP contribution < -0.4 is 10.1 Å². The molecule has 0 spiro atoms. The van der Waals surface area contributed by atoms with E-state index >= 15 is 0 Å². The highest BCUT2D eigenvalue weighted by molar-refractivity contribution is 5.28. The Morgan fingerprint density at radius 1 is 1.35 bits per heavy atom. The summed E-state index contributed by atoms with van der Waals surface area (Å²) < 4.78 is 5.57. The summed E-state index contributed by atoms with van der Waals surface area (Å²) in [5.41, 5.74) is 1.30. The number of benzene rings is 1. The predicted molar refractivity (Wildman–Crippen MR) is 73.5 cm³/mol. The van der Waals surface area contributed by atoms with E-state index < -0.39 is 0 Å². The van der Waals surface area contributed by atoms with E-state index in [9.17, 15) is 0 Å². The Kier molecular flexibility index (Phi) is 6.41. The number of rotatable bonds is 8. The Balaban J connectivity index is 2.46. The number of nitrogens with one attached hydrogen (secondary N) is 1. The predicted octanol–water partition coefficient (Wildman–Crippen LogP) is 3.70. The first-order valence-corrected chi connectivity index (χ1v) is 6.35. The lowest BCUT2D eigenvalue weighted by Gasteiger charge is -2.14. The molecule has 0 radical (unpaired) electrons. The Labute approximate surface area is 105 Å². The molecule has 0 aromatic heterocycles. The number of hydrogen-bond acceptors (Lipinski definition) is 2. The van der Waals surface area contributed by atoms with E-state index in [0.717, 1.165) is 25.1 Å². The molecular formula is C15H23NO. The van der Waals surface area contributed by atoms with Gasteiger partial charge in [0.05, 0.1) is 6.61 Å². The molecule has 17 heavy (non-hydrogen) atoms. The molecule has 0 amide bonds. The van der Waals surface area contributed by atoms with Crippen LogP contribution in [0.1, 0.15) is 38.3 Å². The van der Waals surface area contributed by atoms with Gasteiger partial charge in [-0.2, -0.15) is 0 Å². The highest BCUT2D eigenvalue weighted by Gasteiger charge is 2.03. The molecule has 2 nitrogen and oxygen atoms in total. The average Bonchev–Trinajstić information content (AvgIpc) is 2.37. The maximum absolute atomic E-state index is 5.57. The van der Waals surface area contributed by atoms with Crippen LogP contribution in [0.5, 0.6) is 5.75 Å². The third kappa shape index (κ3) is 5.05. The summed E-state index contributed by atoms with van der Waals surface area (Å²) in [5, 5.41) is 3.47. The second-order valence-electron chi connectivity index (χ2n) is 4.17. The van der Waals surface area contributed by atoms with Crippen molar-refractivity contribution < 1.29 is 4.74 Å². The lowest BCUT2D eigenvalue weighted by molar-refractivity contribution is 0.325. The van der Waals surface area contributed by atoms with Gasteiger partial charge in [-0.25, -0.2) is 0 Å². The third-order valence-electron chi connectivity index (χ3n) is 2.67. The van der Waals surface area contributed by atoms with Crippen molar-refractivity contribution in [1.29, 1.82) is 0 Å². The van der Waals surface area contributed by atoms with Crippen LogP contribution in [0.3, 0.4) is 0 Å². The molecule has 1 aromatic rings. The van der Waals surface area contributed by atoms with Crippen LogP contribution in [0.25, 0.3) is 0 Å². The minimum absolute atomic E-state index is 0.400. The molecule has 0 saturated heterocycles. The standard InChI is InChI=1S/C15H23NO/c1-4-6-12-17-15-9-7-14(8-10-15)13(3)16-11-5-2/h4,7-10,13,16H,1,5-6,11-12H2,2-3H3. The van der Waals surface area contributed by atoms with Crippen LogP contribution in [0, 0.1) is 0 Å². The lowest BCUT2D eigenvalue weighted by atomic mass is 10.1. The van der Waals surface area contributed by atoms with Crippen molar-refractivity contribution >= 4 is 0 Å². The fourth-order valence-corrected chi connectivity index (χ4v) is 1.59. The SMILES string of the molecule is C=CCCOc1ccc(C(C)NCCC)cc1. The topological polar surface area (TPSA) is 21.3 Å². The molecule has 0 aliphatic carbocycles. The highest BCUT2D eigenvalue weighted by atomic mass is 16.5.